The van der Waals surface area contributed by atoms with Gasteiger partial charge in [0.25, 0.3) is 0 Å². The fraction of sp³-hybridized carbons (Fsp3) is 0.0526. The SMILES string of the molecule is O=c1oc2ccccc2c(O)c1Cc1c(O)c2ccccc2oc1=O.O=c1oc2ccccc2c(O)c1Cc1c(O)c2ccccc2oc1=O. The number of benzene rings is 4. The van der Waals surface area contributed by atoms with E-state index in [1.54, 1.807) is 97.1 Å². The topological polar surface area (TPSA) is 202 Å². The van der Waals surface area contributed by atoms with Crippen LogP contribution >= 0.6 is 0 Å². The zero-order chi connectivity index (χ0) is 35.1. The molecule has 0 radical (unpaired) electrons. The highest BCUT2D eigenvalue weighted by Gasteiger charge is 2.22. The number of aromatic hydroxyl groups is 4. The van der Waals surface area contributed by atoms with Crippen LogP contribution in [0.2, 0.25) is 0 Å². The lowest BCUT2D eigenvalue weighted by Crippen LogP contribution is -2.14. The van der Waals surface area contributed by atoms with Gasteiger partial charge in [0.2, 0.25) is 0 Å². The van der Waals surface area contributed by atoms with Crippen molar-refractivity contribution >= 4 is 43.9 Å². The van der Waals surface area contributed by atoms with Gasteiger partial charge >= 0.3 is 22.5 Å². The molecule has 0 spiro atoms. The van der Waals surface area contributed by atoms with Crippen molar-refractivity contribution in [1.82, 2.24) is 0 Å². The fourth-order valence-corrected chi connectivity index (χ4v) is 5.67. The Morgan fingerprint density at radius 2 is 0.540 bits per heavy atom. The molecule has 4 aromatic carbocycles. The number of hydrogen-bond donors (Lipinski definition) is 4. The first-order valence-electron chi connectivity index (χ1n) is 15.1. The minimum absolute atomic E-state index is 0.114. The molecule has 0 saturated heterocycles. The summed E-state index contributed by atoms with van der Waals surface area (Å²) in [6, 6.07) is 26.1. The summed E-state index contributed by atoms with van der Waals surface area (Å²) in [5, 5.41) is 43.0. The van der Waals surface area contributed by atoms with Crippen molar-refractivity contribution in [3.05, 3.63) is 161 Å². The van der Waals surface area contributed by atoms with Crippen molar-refractivity contribution < 1.29 is 38.1 Å². The molecule has 0 aliphatic heterocycles. The molecule has 0 unspecified atom stereocenters. The Balaban J connectivity index is 0.000000157. The average molecular weight is 673 g/mol. The molecule has 0 atom stereocenters. The van der Waals surface area contributed by atoms with E-state index in [4.69, 9.17) is 17.7 Å². The van der Waals surface area contributed by atoms with E-state index < -0.39 is 22.5 Å². The number of fused-ring (bicyclic) bond motifs is 4. The van der Waals surface area contributed by atoms with E-state index in [1.807, 2.05) is 0 Å². The average Bonchev–Trinajstić information content (AvgIpc) is 3.11. The van der Waals surface area contributed by atoms with Gasteiger partial charge in [0.05, 0.1) is 43.8 Å². The number of hydrogen-bond acceptors (Lipinski definition) is 12. The summed E-state index contributed by atoms with van der Waals surface area (Å²) in [5.74, 6) is -1.12. The maximum absolute atomic E-state index is 12.2. The first-order chi connectivity index (χ1) is 24.1. The van der Waals surface area contributed by atoms with Crippen molar-refractivity contribution in [2.75, 3.05) is 0 Å². The molecule has 248 valence electrons. The van der Waals surface area contributed by atoms with Gasteiger partial charge in [-0.2, -0.15) is 0 Å². The lowest BCUT2D eigenvalue weighted by atomic mass is 10.0. The van der Waals surface area contributed by atoms with Crippen LogP contribution in [0.3, 0.4) is 0 Å². The normalized spacial score (nSPS) is 11.2. The Hall–Kier alpha value is -7.08. The van der Waals surface area contributed by atoms with Crippen LogP contribution in [-0.4, -0.2) is 20.4 Å². The lowest BCUT2D eigenvalue weighted by molar-refractivity contribution is 0.447. The van der Waals surface area contributed by atoms with Crippen LogP contribution in [0.4, 0.5) is 0 Å². The molecule has 4 N–H and O–H groups in total. The Kier molecular flexibility index (Phi) is 7.88. The van der Waals surface area contributed by atoms with Crippen LogP contribution in [0.25, 0.3) is 43.9 Å². The van der Waals surface area contributed by atoms with Crippen LogP contribution in [-0.2, 0) is 12.8 Å². The molecule has 0 bridgehead atoms. The van der Waals surface area contributed by atoms with E-state index in [2.05, 4.69) is 0 Å². The Labute approximate surface area is 278 Å². The molecule has 0 aliphatic carbocycles. The van der Waals surface area contributed by atoms with Crippen molar-refractivity contribution in [2.45, 2.75) is 12.8 Å². The molecular formula is C38H24O12. The van der Waals surface area contributed by atoms with E-state index in [9.17, 15) is 39.6 Å². The minimum atomic E-state index is -0.775. The largest absolute Gasteiger partial charge is 0.507 e. The summed E-state index contributed by atoms with van der Waals surface area (Å²) in [6.07, 6.45) is -0.615. The van der Waals surface area contributed by atoms with E-state index >= 15 is 0 Å². The van der Waals surface area contributed by atoms with Crippen molar-refractivity contribution in [3.8, 4) is 23.0 Å². The molecule has 12 nitrogen and oxygen atoms in total. The zero-order valence-corrected chi connectivity index (χ0v) is 25.7. The number of rotatable bonds is 4. The van der Waals surface area contributed by atoms with Crippen LogP contribution in [0.5, 0.6) is 23.0 Å². The lowest BCUT2D eigenvalue weighted by Gasteiger charge is -2.08. The standard InChI is InChI=1S/2C19H12O6/c2*20-16-10-5-1-3-7-14(10)24-18(22)12(16)9-13-17(21)11-6-2-4-8-15(11)25-19(13)23/h2*1-8,20-21H,9H2. The van der Waals surface area contributed by atoms with Crippen molar-refractivity contribution in [1.29, 1.82) is 0 Å². The molecule has 4 heterocycles. The number of para-hydroxylation sites is 4. The molecule has 8 rings (SSSR count). The van der Waals surface area contributed by atoms with Gasteiger partial charge in [-0.15, -0.1) is 0 Å². The maximum atomic E-state index is 12.2. The highest BCUT2D eigenvalue weighted by Crippen LogP contribution is 2.33. The van der Waals surface area contributed by atoms with Gasteiger partial charge in [-0.05, 0) is 48.5 Å². The second-order valence-corrected chi connectivity index (χ2v) is 11.2. The fourth-order valence-electron chi connectivity index (χ4n) is 5.67. The minimum Gasteiger partial charge on any atom is -0.507 e. The molecule has 8 aromatic rings. The first kappa shape index (κ1) is 31.5. The third-order valence-electron chi connectivity index (χ3n) is 8.22. The van der Waals surface area contributed by atoms with Gasteiger partial charge in [-0.25, -0.2) is 19.2 Å². The quantitative estimate of drug-likeness (QED) is 0.164. The van der Waals surface area contributed by atoms with Crippen LogP contribution < -0.4 is 22.5 Å². The predicted octanol–water partition coefficient (Wildman–Crippen LogP) is 5.80. The van der Waals surface area contributed by atoms with Crippen LogP contribution in [0.1, 0.15) is 22.3 Å². The second kappa shape index (κ2) is 12.5. The Bertz CT molecular complexity index is 2470. The zero-order valence-electron chi connectivity index (χ0n) is 25.7. The summed E-state index contributed by atoms with van der Waals surface area (Å²) in [6.45, 7) is 0. The van der Waals surface area contributed by atoms with Gasteiger partial charge in [-0.3, -0.25) is 0 Å². The molecule has 12 heteroatoms. The molecular weight excluding hydrogens is 648 g/mol. The molecule has 4 aromatic heterocycles. The highest BCUT2D eigenvalue weighted by atomic mass is 16.4. The van der Waals surface area contributed by atoms with E-state index in [0.717, 1.165) is 0 Å². The molecule has 0 saturated carbocycles. The first-order valence-corrected chi connectivity index (χ1v) is 15.1. The summed E-state index contributed by atoms with van der Waals surface area (Å²) in [5.41, 5.74) is -2.60. The van der Waals surface area contributed by atoms with Crippen molar-refractivity contribution in [2.24, 2.45) is 0 Å². The third kappa shape index (κ3) is 5.50. The maximum Gasteiger partial charge on any atom is 0.343 e. The van der Waals surface area contributed by atoms with Crippen molar-refractivity contribution in [3.63, 3.8) is 0 Å². The van der Waals surface area contributed by atoms with Gasteiger partial charge in [0, 0.05) is 12.8 Å². The van der Waals surface area contributed by atoms with E-state index in [1.165, 1.54) is 0 Å². The summed E-state index contributed by atoms with van der Waals surface area (Å²) < 4.78 is 20.7. The van der Waals surface area contributed by atoms with E-state index in [0.29, 0.717) is 21.5 Å². The Morgan fingerprint density at radius 1 is 0.340 bits per heavy atom. The highest BCUT2D eigenvalue weighted by molar-refractivity contribution is 5.87. The molecule has 0 aliphatic rings. The smallest absolute Gasteiger partial charge is 0.343 e. The van der Waals surface area contributed by atoms with Gasteiger partial charge in [-0.1, -0.05) is 48.5 Å². The van der Waals surface area contributed by atoms with Crippen LogP contribution in [0.15, 0.2) is 134 Å². The predicted molar refractivity (Wildman–Crippen MR) is 182 cm³/mol. The molecule has 50 heavy (non-hydrogen) atoms. The van der Waals surface area contributed by atoms with Gasteiger partial charge in [0.1, 0.15) is 45.3 Å². The summed E-state index contributed by atoms with van der Waals surface area (Å²) in [7, 11) is 0. The monoisotopic (exact) mass is 672 g/mol. The summed E-state index contributed by atoms with van der Waals surface area (Å²) >= 11 is 0. The second-order valence-electron chi connectivity index (χ2n) is 11.2. The Morgan fingerprint density at radius 3 is 0.760 bits per heavy atom. The molecule has 0 amide bonds. The van der Waals surface area contributed by atoms with Crippen LogP contribution in [0, 0.1) is 0 Å². The molecule has 0 fully saturated rings. The van der Waals surface area contributed by atoms with Gasteiger partial charge in [0.15, 0.2) is 0 Å². The van der Waals surface area contributed by atoms with E-state index in [-0.39, 0.29) is 80.4 Å². The van der Waals surface area contributed by atoms with Gasteiger partial charge < -0.3 is 38.1 Å². The third-order valence-corrected chi connectivity index (χ3v) is 8.22. The summed E-state index contributed by atoms with van der Waals surface area (Å²) in [4.78, 5) is 48.8.